The summed E-state index contributed by atoms with van der Waals surface area (Å²) in [6.45, 7) is 3.37. The van der Waals surface area contributed by atoms with Gasteiger partial charge in [0.15, 0.2) is 0 Å². The lowest BCUT2D eigenvalue weighted by molar-refractivity contribution is -0.137. The van der Waals surface area contributed by atoms with Crippen molar-refractivity contribution in [3.8, 4) is 0 Å². The molecule has 0 bridgehead atoms. The van der Waals surface area contributed by atoms with Gasteiger partial charge in [-0.25, -0.2) is 4.99 Å². The molecule has 0 saturated carbocycles. The number of aliphatic imine (C=N–C) groups is 1. The van der Waals surface area contributed by atoms with Crippen LogP contribution in [0.5, 0.6) is 0 Å². The van der Waals surface area contributed by atoms with Crippen LogP contribution in [0.3, 0.4) is 0 Å². The number of nitrogens with zero attached hydrogens (tertiary/aromatic N) is 2. The average molecular weight is 348 g/mol. The summed E-state index contributed by atoms with van der Waals surface area (Å²) >= 11 is 6.03. The monoisotopic (exact) mass is 347 g/mol. The number of aryl methyl sites for hydroxylation is 1. The van der Waals surface area contributed by atoms with Crippen LogP contribution in [0.2, 0.25) is 5.02 Å². The Hall–Kier alpha value is -2.18. The van der Waals surface area contributed by atoms with Crippen molar-refractivity contribution in [2.45, 2.75) is 31.4 Å². The van der Waals surface area contributed by atoms with Gasteiger partial charge in [-0.05, 0) is 36.9 Å². The van der Waals surface area contributed by atoms with Crippen molar-refractivity contribution in [1.82, 2.24) is 9.88 Å². The zero-order valence-corrected chi connectivity index (χ0v) is 13.8. The molecule has 0 aliphatic carbocycles. The van der Waals surface area contributed by atoms with E-state index in [1.165, 1.54) is 4.90 Å². The Kier molecular flexibility index (Phi) is 4.69. The molecule has 7 heteroatoms. The van der Waals surface area contributed by atoms with Crippen LogP contribution in [0.15, 0.2) is 29.4 Å². The number of halogens is 1. The van der Waals surface area contributed by atoms with E-state index in [1.54, 1.807) is 6.07 Å². The van der Waals surface area contributed by atoms with Gasteiger partial charge in [0.25, 0.3) is 5.91 Å². The fourth-order valence-electron chi connectivity index (χ4n) is 3.17. The number of fused-ring (bicyclic) bond motifs is 1. The zero-order valence-electron chi connectivity index (χ0n) is 13.0. The minimum absolute atomic E-state index is 0.157. The van der Waals surface area contributed by atoms with E-state index in [0.29, 0.717) is 11.4 Å². The van der Waals surface area contributed by atoms with Crippen LogP contribution in [0.1, 0.15) is 18.4 Å². The maximum absolute atomic E-state index is 12.5. The number of amides is 2. The highest BCUT2D eigenvalue weighted by Gasteiger charge is 2.38. The number of aliphatic hydroxyl groups excluding tert-OH is 1. The van der Waals surface area contributed by atoms with Crippen LogP contribution in [-0.2, 0) is 16.0 Å². The Morgan fingerprint density at radius 3 is 3.00 bits per heavy atom. The number of β-amino-alcohol motifs (C(OH)–C–C–N with tert-alkyl or cyclic N) is 1. The van der Waals surface area contributed by atoms with Crippen LogP contribution in [0, 0.1) is 0 Å². The molecule has 2 amide bonds. The molecule has 1 aromatic heterocycles. The highest BCUT2D eigenvalue weighted by molar-refractivity contribution is 6.31. The number of H-pyrrole nitrogens is 1. The first-order valence-corrected chi connectivity index (χ1v) is 8.11. The molecular formula is C17H18ClN3O3. The summed E-state index contributed by atoms with van der Waals surface area (Å²) in [5.41, 5.74) is 1.95. The number of aromatic nitrogens is 1. The van der Waals surface area contributed by atoms with E-state index in [1.807, 2.05) is 18.3 Å². The highest BCUT2D eigenvalue weighted by Crippen LogP contribution is 2.25. The molecule has 2 atom stereocenters. The van der Waals surface area contributed by atoms with Crippen LogP contribution < -0.4 is 0 Å². The van der Waals surface area contributed by atoms with Gasteiger partial charge < -0.3 is 15.0 Å². The minimum atomic E-state index is -0.706. The van der Waals surface area contributed by atoms with Gasteiger partial charge in [-0.1, -0.05) is 11.6 Å². The van der Waals surface area contributed by atoms with Crippen LogP contribution in [-0.4, -0.2) is 52.2 Å². The first-order chi connectivity index (χ1) is 11.5. The van der Waals surface area contributed by atoms with Gasteiger partial charge in [-0.2, -0.15) is 0 Å². The summed E-state index contributed by atoms with van der Waals surface area (Å²) in [7, 11) is 0. The van der Waals surface area contributed by atoms with Gasteiger partial charge in [0, 0.05) is 41.5 Å². The van der Waals surface area contributed by atoms with E-state index in [0.717, 1.165) is 16.5 Å². The van der Waals surface area contributed by atoms with Crippen molar-refractivity contribution < 1.29 is 14.7 Å². The number of carbonyl (C=O) groups excluding carboxylic acids is 2. The molecule has 2 aromatic rings. The van der Waals surface area contributed by atoms with Crippen molar-refractivity contribution in [1.29, 1.82) is 0 Å². The fraction of sp³-hybridized carbons (Fsp3) is 0.353. The number of nitrogens with one attached hydrogen (secondary N) is 1. The number of likely N-dealkylation sites (tertiary alicyclic amines) is 1. The Morgan fingerprint density at radius 2 is 2.25 bits per heavy atom. The van der Waals surface area contributed by atoms with Crippen molar-refractivity contribution in [3.05, 3.63) is 35.0 Å². The Morgan fingerprint density at radius 1 is 1.46 bits per heavy atom. The maximum Gasteiger partial charge on any atom is 0.267 e. The number of hydrogen-bond acceptors (Lipinski definition) is 3. The number of hydrogen-bond donors (Lipinski definition) is 2. The van der Waals surface area contributed by atoms with E-state index in [9.17, 15) is 14.7 Å². The average Bonchev–Trinajstić information content (AvgIpc) is 3.15. The van der Waals surface area contributed by atoms with Gasteiger partial charge in [0.2, 0.25) is 5.91 Å². The highest BCUT2D eigenvalue weighted by atomic mass is 35.5. The molecular weight excluding hydrogens is 330 g/mol. The second-order valence-electron chi connectivity index (χ2n) is 5.95. The van der Waals surface area contributed by atoms with E-state index < -0.39 is 18.1 Å². The summed E-state index contributed by atoms with van der Waals surface area (Å²) in [6.07, 6.45) is 2.14. The fourth-order valence-corrected chi connectivity index (χ4v) is 3.34. The molecule has 24 heavy (non-hydrogen) atoms. The van der Waals surface area contributed by atoms with Crippen LogP contribution >= 0.6 is 11.6 Å². The molecule has 1 fully saturated rings. The standard InChI is InChI=1S/C17H18ClN3O3/c1-19-17(24)15-7-12(22)9-21(15)16(23)5-2-10-8-20-14-4-3-11(18)6-13(10)14/h3-4,6,8,12,15,20,22H,1-2,5,7,9H2/t12-,15+/m1/s1. The van der Waals surface area contributed by atoms with Gasteiger partial charge in [-0.3, -0.25) is 9.59 Å². The first-order valence-electron chi connectivity index (χ1n) is 7.73. The molecule has 0 radical (unpaired) electrons. The molecule has 6 nitrogen and oxygen atoms in total. The molecule has 1 saturated heterocycles. The number of benzene rings is 1. The quantitative estimate of drug-likeness (QED) is 0.829. The number of aliphatic hydroxyl groups is 1. The minimum Gasteiger partial charge on any atom is -0.391 e. The lowest BCUT2D eigenvalue weighted by Crippen LogP contribution is -2.40. The molecule has 2 N–H and O–H groups in total. The largest absolute Gasteiger partial charge is 0.391 e. The van der Waals surface area contributed by atoms with Crippen LogP contribution in [0.4, 0.5) is 0 Å². The van der Waals surface area contributed by atoms with E-state index >= 15 is 0 Å². The SMILES string of the molecule is C=NC(=O)[C@@H]1C[C@@H](O)CN1C(=O)CCc1c[nH]c2ccc(Cl)cc12. The topological polar surface area (TPSA) is 85.8 Å². The van der Waals surface area contributed by atoms with Gasteiger partial charge >= 0.3 is 0 Å². The van der Waals surface area contributed by atoms with E-state index in [4.69, 9.17) is 11.6 Å². The lowest BCUT2D eigenvalue weighted by atomic mass is 10.1. The molecule has 3 rings (SSSR count). The number of rotatable bonds is 4. The second-order valence-corrected chi connectivity index (χ2v) is 6.39. The molecule has 2 heterocycles. The van der Waals surface area contributed by atoms with Crippen molar-refractivity contribution in [2.24, 2.45) is 4.99 Å². The predicted molar refractivity (Wildman–Crippen MR) is 92.3 cm³/mol. The summed E-state index contributed by atoms with van der Waals surface area (Å²) in [4.78, 5) is 32.2. The zero-order chi connectivity index (χ0) is 17.3. The van der Waals surface area contributed by atoms with Gasteiger partial charge in [0.05, 0.1) is 6.10 Å². The molecule has 0 spiro atoms. The Balaban J connectivity index is 1.71. The third kappa shape index (κ3) is 3.20. The Bertz CT molecular complexity index is 801. The summed E-state index contributed by atoms with van der Waals surface area (Å²) in [5, 5.41) is 11.4. The predicted octanol–water partition coefficient (Wildman–Crippen LogP) is 1.94. The molecule has 0 unspecified atom stereocenters. The van der Waals surface area contributed by atoms with E-state index in [-0.39, 0.29) is 25.3 Å². The summed E-state index contributed by atoms with van der Waals surface area (Å²) in [5.74, 6) is -0.649. The second kappa shape index (κ2) is 6.75. The third-order valence-electron chi connectivity index (χ3n) is 4.38. The van der Waals surface area contributed by atoms with Crippen LogP contribution in [0.25, 0.3) is 10.9 Å². The molecule has 1 aliphatic rings. The Labute approximate surface area is 144 Å². The molecule has 1 aromatic carbocycles. The molecule has 1 aliphatic heterocycles. The van der Waals surface area contributed by atoms with Gasteiger partial charge in [0.1, 0.15) is 6.04 Å². The molecule has 126 valence electrons. The first kappa shape index (κ1) is 16.7. The van der Waals surface area contributed by atoms with Gasteiger partial charge in [-0.15, -0.1) is 0 Å². The third-order valence-corrected chi connectivity index (χ3v) is 4.61. The smallest absolute Gasteiger partial charge is 0.267 e. The van der Waals surface area contributed by atoms with Crippen molar-refractivity contribution >= 4 is 41.0 Å². The maximum atomic E-state index is 12.5. The van der Waals surface area contributed by atoms with Crippen molar-refractivity contribution in [3.63, 3.8) is 0 Å². The van der Waals surface area contributed by atoms with Crippen molar-refractivity contribution in [2.75, 3.05) is 6.54 Å². The number of aromatic amines is 1. The summed E-state index contributed by atoms with van der Waals surface area (Å²) < 4.78 is 0. The lowest BCUT2D eigenvalue weighted by Gasteiger charge is -2.21. The number of carbonyl (C=O) groups is 2. The van der Waals surface area contributed by atoms with E-state index in [2.05, 4.69) is 16.7 Å². The summed E-state index contributed by atoms with van der Waals surface area (Å²) in [6, 6.07) is 4.85. The normalized spacial score (nSPS) is 20.5.